The maximum absolute atomic E-state index is 12.2. The van der Waals surface area contributed by atoms with E-state index in [4.69, 9.17) is 4.74 Å². The van der Waals surface area contributed by atoms with Crippen LogP contribution in [0.2, 0.25) is 0 Å². The van der Waals surface area contributed by atoms with Gasteiger partial charge in [0.25, 0.3) is 0 Å². The molecule has 0 saturated carbocycles. The fourth-order valence-corrected chi connectivity index (χ4v) is 2.92. The number of ether oxygens (including phenoxy) is 1. The molecule has 0 atom stereocenters. The number of carbonyl (C=O) groups excluding carboxylic acids is 2. The lowest BCUT2D eigenvalue weighted by molar-refractivity contribution is -0.122. The Hall–Kier alpha value is -2.86. The summed E-state index contributed by atoms with van der Waals surface area (Å²) in [6.07, 6.45) is 0.782. The van der Waals surface area contributed by atoms with Crippen molar-refractivity contribution in [3.8, 4) is 5.75 Å². The number of likely N-dealkylation sites (N-methyl/N-ethyl adjacent to an activating group) is 1. The Bertz CT molecular complexity index is 803. The molecule has 0 heterocycles. The molecule has 2 rings (SSSR count). The second kappa shape index (κ2) is 11.2. The molecule has 0 fully saturated rings. The topological polar surface area (TPSA) is 70.7 Å². The van der Waals surface area contributed by atoms with Gasteiger partial charge in [-0.2, -0.15) is 0 Å². The summed E-state index contributed by atoms with van der Waals surface area (Å²) in [4.78, 5) is 25.9. The first kappa shape index (κ1) is 22.4. The van der Waals surface area contributed by atoms with E-state index < -0.39 is 0 Å². The van der Waals surface area contributed by atoms with Crippen molar-refractivity contribution in [1.82, 2.24) is 10.2 Å². The van der Waals surface area contributed by atoms with Crippen molar-refractivity contribution in [2.24, 2.45) is 0 Å². The van der Waals surface area contributed by atoms with Crippen molar-refractivity contribution >= 4 is 17.5 Å². The molecule has 2 aromatic rings. The summed E-state index contributed by atoms with van der Waals surface area (Å²) in [6.45, 7) is 5.20. The van der Waals surface area contributed by atoms with Crippen molar-refractivity contribution in [2.45, 2.75) is 26.2 Å². The summed E-state index contributed by atoms with van der Waals surface area (Å²) in [5.41, 5.74) is 3.17. The lowest BCUT2D eigenvalue weighted by Gasteiger charge is -2.16. The van der Waals surface area contributed by atoms with E-state index >= 15 is 0 Å². The summed E-state index contributed by atoms with van der Waals surface area (Å²) in [6, 6.07) is 15.6. The van der Waals surface area contributed by atoms with E-state index in [1.165, 1.54) is 11.1 Å². The highest BCUT2D eigenvalue weighted by atomic mass is 16.5. The van der Waals surface area contributed by atoms with Crippen LogP contribution >= 0.6 is 0 Å². The number of hydrogen-bond acceptors (Lipinski definition) is 4. The Labute approximate surface area is 173 Å². The number of amides is 2. The number of nitrogens with zero attached hydrogens (tertiary/aromatic N) is 1. The second-order valence-corrected chi connectivity index (χ2v) is 7.45. The molecule has 156 valence electrons. The summed E-state index contributed by atoms with van der Waals surface area (Å²) in [5, 5.41) is 5.71. The minimum atomic E-state index is -0.182. The average molecular weight is 398 g/mol. The summed E-state index contributed by atoms with van der Waals surface area (Å²) >= 11 is 0. The van der Waals surface area contributed by atoms with Gasteiger partial charge in [0, 0.05) is 18.3 Å². The maximum atomic E-state index is 12.2. The van der Waals surface area contributed by atoms with Crippen LogP contribution < -0.4 is 15.4 Å². The molecule has 29 heavy (non-hydrogen) atoms. The zero-order chi connectivity index (χ0) is 21.2. The lowest BCUT2D eigenvalue weighted by atomic mass is 10.0. The predicted octanol–water partition coefficient (Wildman–Crippen LogP) is 3.05. The first-order chi connectivity index (χ1) is 13.9. The molecule has 0 aliphatic heterocycles. The van der Waals surface area contributed by atoms with E-state index in [2.05, 4.69) is 48.7 Å². The molecule has 2 amide bonds. The monoisotopic (exact) mass is 397 g/mol. The van der Waals surface area contributed by atoms with Gasteiger partial charge in [0.05, 0.1) is 20.2 Å². The molecular formula is C23H31N3O3. The zero-order valence-electron chi connectivity index (χ0n) is 17.7. The van der Waals surface area contributed by atoms with Crippen molar-refractivity contribution in [1.29, 1.82) is 0 Å². The van der Waals surface area contributed by atoms with Gasteiger partial charge in [-0.15, -0.1) is 0 Å². The van der Waals surface area contributed by atoms with Crippen molar-refractivity contribution < 1.29 is 14.3 Å². The highest BCUT2D eigenvalue weighted by Gasteiger charge is 2.11. The number of carbonyl (C=O) groups is 2. The van der Waals surface area contributed by atoms with Gasteiger partial charge in [-0.3, -0.25) is 14.5 Å². The number of rotatable bonds is 10. The molecule has 0 saturated heterocycles. The van der Waals surface area contributed by atoms with Gasteiger partial charge in [-0.05, 0) is 42.6 Å². The van der Waals surface area contributed by atoms with Gasteiger partial charge in [-0.1, -0.05) is 44.2 Å². The SMILES string of the molecule is COc1cccc(NC(=O)CN(C)CC(=O)NCCc2ccc(C(C)C)cc2)c1. The minimum Gasteiger partial charge on any atom is -0.497 e. The van der Waals surface area contributed by atoms with Crippen LogP contribution in [0.25, 0.3) is 0 Å². The van der Waals surface area contributed by atoms with Gasteiger partial charge in [0.15, 0.2) is 0 Å². The van der Waals surface area contributed by atoms with Crippen LogP contribution in [-0.2, 0) is 16.0 Å². The molecule has 2 N–H and O–H groups in total. The van der Waals surface area contributed by atoms with E-state index in [1.807, 2.05) is 12.1 Å². The molecule has 2 aromatic carbocycles. The van der Waals surface area contributed by atoms with Gasteiger partial charge in [0.2, 0.25) is 11.8 Å². The van der Waals surface area contributed by atoms with Crippen molar-refractivity contribution in [3.63, 3.8) is 0 Å². The second-order valence-electron chi connectivity index (χ2n) is 7.45. The highest BCUT2D eigenvalue weighted by molar-refractivity contribution is 5.92. The first-order valence-corrected chi connectivity index (χ1v) is 9.85. The number of nitrogens with one attached hydrogen (secondary N) is 2. The summed E-state index contributed by atoms with van der Waals surface area (Å²) in [5.74, 6) is 0.911. The van der Waals surface area contributed by atoms with Crippen LogP contribution in [-0.4, -0.2) is 50.5 Å². The van der Waals surface area contributed by atoms with E-state index in [0.29, 0.717) is 23.9 Å². The Balaban J connectivity index is 1.69. The van der Waals surface area contributed by atoms with E-state index in [9.17, 15) is 9.59 Å². The van der Waals surface area contributed by atoms with Crippen LogP contribution in [0.1, 0.15) is 30.9 Å². The molecule has 0 aliphatic rings. The van der Waals surface area contributed by atoms with Crippen LogP contribution in [0.5, 0.6) is 5.75 Å². The maximum Gasteiger partial charge on any atom is 0.238 e. The quantitative estimate of drug-likeness (QED) is 0.646. The smallest absolute Gasteiger partial charge is 0.238 e. The molecule has 6 nitrogen and oxygen atoms in total. The van der Waals surface area contributed by atoms with E-state index in [1.54, 1.807) is 31.2 Å². The zero-order valence-corrected chi connectivity index (χ0v) is 17.7. The molecule has 0 aliphatic carbocycles. The number of anilines is 1. The van der Waals surface area contributed by atoms with Crippen molar-refractivity contribution in [2.75, 3.05) is 39.1 Å². The minimum absolute atomic E-state index is 0.0968. The van der Waals surface area contributed by atoms with Crippen molar-refractivity contribution in [3.05, 3.63) is 59.7 Å². The third kappa shape index (κ3) is 7.95. The summed E-state index contributed by atoms with van der Waals surface area (Å²) in [7, 11) is 3.32. The number of methoxy groups -OCH3 is 1. The predicted molar refractivity (Wildman–Crippen MR) is 116 cm³/mol. The molecule has 0 bridgehead atoms. The average Bonchev–Trinajstić information content (AvgIpc) is 2.68. The third-order valence-electron chi connectivity index (χ3n) is 4.56. The Morgan fingerprint density at radius 1 is 1.03 bits per heavy atom. The van der Waals surface area contributed by atoms with Gasteiger partial charge in [0.1, 0.15) is 5.75 Å². The van der Waals surface area contributed by atoms with Gasteiger partial charge >= 0.3 is 0 Å². The fourth-order valence-electron chi connectivity index (χ4n) is 2.92. The van der Waals surface area contributed by atoms with Crippen LogP contribution in [0.4, 0.5) is 5.69 Å². The molecule has 0 aromatic heterocycles. The third-order valence-corrected chi connectivity index (χ3v) is 4.56. The largest absolute Gasteiger partial charge is 0.497 e. The van der Waals surface area contributed by atoms with Crippen LogP contribution in [0.3, 0.4) is 0 Å². The Kier molecular flexibility index (Phi) is 8.68. The first-order valence-electron chi connectivity index (χ1n) is 9.85. The normalized spacial score (nSPS) is 10.8. The van der Waals surface area contributed by atoms with Crippen LogP contribution in [0, 0.1) is 0 Å². The molecule has 0 spiro atoms. The molecule has 6 heteroatoms. The fraction of sp³-hybridized carbons (Fsp3) is 0.391. The molecular weight excluding hydrogens is 366 g/mol. The van der Waals surface area contributed by atoms with E-state index in [0.717, 1.165) is 6.42 Å². The lowest BCUT2D eigenvalue weighted by Crippen LogP contribution is -2.39. The van der Waals surface area contributed by atoms with Gasteiger partial charge < -0.3 is 15.4 Å². The number of benzene rings is 2. The Morgan fingerprint density at radius 3 is 2.38 bits per heavy atom. The van der Waals surface area contributed by atoms with Crippen LogP contribution in [0.15, 0.2) is 48.5 Å². The number of hydrogen-bond donors (Lipinski definition) is 2. The molecule has 0 radical (unpaired) electrons. The van der Waals surface area contributed by atoms with Gasteiger partial charge in [-0.25, -0.2) is 0 Å². The standard InChI is InChI=1S/C23H31N3O3/c1-17(2)19-10-8-18(9-11-19)12-13-24-22(27)15-26(3)16-23(28)25-20-6-5-7-21(14-20)29-4/h5-11,14,17H,12-13,15-16H2,1-4H3,(H,24,27)(H,25,28). The molecule has 0 unspecified atom stereocenters. The summed E-state index contributed by atoms with van der Waals surface area (Å²) < 4.78 is 5.14. The van der Waals surface area contributed by atoms with E-state index in [-0.39, 0.29) is 24.9 Å². The highest BCUT2D eigenvalue weighted by Crippen LogP contribution is 2.16. The Morgan fingerprint density at radius 2 is 1.72 bits per heavy atom.